The molecule has 1 aliphatic heterocycles. The third-order valence-corrected chi connectivity index (χ3v) is 3.78. The number of hydrogen-bond acceptors (Lipinski definition) is 5. The Hall–Kier alpha value is -0.560. The molecule has 0 aliphatic carbocycles. The summed E-state index contributed by atoms with van der Waals surface area (Å²) in [4.78, 5) is 4.36. The first kappa shape index (κ1) is 11.9. The van der Waals surface area contributed by atoms with Gasteiger partial charge in [-0.1, -0.05) is 0 Å². The lowest BCUT2D eigenvalue weighted by atomic mass is 10.1. The molecule has 2 unspecified atom stereocenters. The summed E-state index contributed by atoms with van der Waals surface area (Å²) in [6.45, 7) is 3.78. The Morgan fingerprint density at radius 2 is 2.69 bits per heavy atom. The van der Waals surface area contributed by atoms with Crippen molar-refractivity contribution in [3.05, 3.63) is 18.2 Å². The van der Waals surface area contributed by atoms with E-state index in [2.05, 4.69) is 21.9 Å². The maximum atomic E-state index is 5.74. The summed E-state index contributed by atoms with van der Waals surface area (Å²) in [6, 6.07) is -0.0252. The number of ether oxygens (including phenoxy) is 1. The summed E-state index contributed by atoms with van der Waals surface area (Å²) in [7, 11) is 0. The molecule has 1 aromatic rings. The molecule has 1 saturated heterocycles. The minimum Gasteiger partial charge on any atom is -0.374 e. The molecule has 2 rings (SSSR count). The van der Waals surface area contributed by atoms with Gasteiger partial charge in [-0.3, -0.25) is 5.84 Å². The summed E-state index contributed by atoms with van der Waals surface area (Å²) in [6.07, 6.45) is 3.88. The monoisotopic (exact) mass is 242 g/mol. The van der Waals surface area contributed by atoms with Crippen LogP contribution in [0.3, 0.4) is 0 Å². The maximum absolute atomic E-state index is 5.74. The first-order chi connectivity index (χ1) is 7.86. The van der Waals surface area contributed by atoms with Crippen molar-refractivity contribution in [2.45, 2.75) is 25.6 Å². The highest BCUT2D eigenvalue weighted by Crippen LogP contribution is 2.24. The van der Waals surface area contributed by atoms with Crippen LogP contribution in [0, 0.1) is 0 Å². The van der Waals surface area contributed by atoms with E-state index in [-0.39, 0.29) is 12.1 Å². The average molecular weight is 242 g/mol. The quantitative estimate of drug-likeness (QED) is 0.596. The van der Waals surface area contributed by atoms with E-state index in [1.165, 1.54) is 0 Å². The molecule has 1 aliphatic rings. The highest BCUT2D eigenvalue weighted by atomic mass is 32.2. The van der Waals surface area contributed by atoms with Crippen LogP contribution in [0.25, 0.3) is 0 Å². The van der Waals surface area contributed by atoms with Gasteiger partial charge < -0.3 is 9.30 Å². The van der Waals surface area contributed by atoms with Crippen molar-refractivity contribution in [2.75, 3.05) is 18.1 Å². The van der Waals surface area contributed by atoms with Gasteiger partial charge in [0.15, 0.2) is 0 Å². The number of imidazole rings is 1. The SMILES string of the molecule is CCn1ccnc1C(NN)C1CSCCO1. The second-order valence-corrected chi connectivity index (χ2v) is 4.85. The summed E-state index contributed by atoms with van der Waals surface area (Å²) >= 11 is 1.90. The second kappa shape index (κ2) is 5.67. The van der Waals surface area contributed by atoms with E-state index in [0.717, 1.165) is 30.5 Å². The minimum atomic E-state index is -0.0252. The molecule has 0 amide bonds. The van der Waals surface area contributed by atoms with E-state index in [9.17, 15) is 0 Å². The third-order valence-electron chi connectivity index (χ3n) is 2.76. The van der Waals surface area contributed by atoms with Crippen molar-refractivity contribution >= 4 is 11.8 Å². The lowest BCUT2D eigenvalue weighted by Gasteiger charge is -2.29. The number of rotatable bonds is 4. The van der Waals surface area contributed by atoms with Crippen molar-refractivity contribution in [1.82, 2.24) is 15.0 Å². The van der Waals surface area contributed by atoms with Gasteiger partial charge in [-0.05, 0) is 6.92 Å². The van der Waals surface area contributed by atoms with Gasteiger partial charge in [0.2, 0.25) is 0 Å². The van der Waals surface area contributed by atoms with Gasteiger partial charge in [0.1, 0.15) is 11.9 Å². The molecule has 6 heteroatoms. The van der Waals surface area contributed by atoms with Gasteiger partial charge >= 0.3 is 0 Å². The number of nitrogens with two attached hydrogens (primary N) is 1. The highest BCUT2D eigenvalue weighted by Gasteiger charge is 2.28. The van der Waals surface area contributed by atoms with Gasteiger partial charge in [0.25, 0.3) is 0 Å². The van der Waals surface area contributed by atoms with E-state index >= 15 is 0 Å². The first-order valence-corrected chi connectivity index (χ1v) is 6.68. The largest absolute Gasteiger partial charge is 0.374 e. The van der Waals surface area contributed by atoms with Crippen LogP contribution >= 0.6 is 11.8 Å². The molecule has 0 radical (unpaired) electrons. The number of aromatic nitrogens is 2. The molecule has 90 valence electrons. The van der Waals surface area contributed by atoms with Crippen LogP contribution in [0.5, 0.6) is 0 Å². The molecule has 1 fully saturated rings. The maximum Gasteiger partial charge on any atom is 0.129 e. The fourth-order valence-electron chi connectivity index (χ4n) is 1.91. The predicted molar refractivity (Wildman–Crippen MR) is 65.0 cm³/mol. The van der Waals surface area contributed by atoms with Crippen LogP contribution in [0.1, 0.15) is 18.8 Å². The highest BCUT2D eigenvalue weighted by molar-refractivity contribution is 7.99. The Kier molecular flexibility index (Phi) is 4.22. The molecule has 3 N–H and O–H groups in total. The standard InChI is InChI=1S/C10H18N4OS/c1-2-14-4-3-12-10(14)9(13-11)8-7-16-6-5-15-8/h3-4,8-9,13H,2,5-7,11H2,1H3. The number of thioether (sulfide) groups is 1. The fourth-order valence-corrected chi connectivity index (χ4v) is 2.82. The fraction of sp³-hybridized carbons (Fsp3) is 0.700. The predicted octanol–water partition coefficient (Wildman–Crippen LogP) is 0.539. The molecule has 0 spiro atoms. The van der Waals surface area contributed by atoms with Crippen LogP contribution < -0.4 is 11.3 Å². The molecule has 16 heavy (non-hydrogen) atoms. The van der Waals surface area contributed by atoms with Crippen LogP contribution in [0.2, 0.25) is 0 Å². The first-order valence-electron chi connectivity index (χ1n) is 5.53. The second-order valence-electron chi connectivity index (χ2n) is 3.70. The molecule has 2 heterocycles. The number of hydrazine groups is 1. The Morgan fingerprint density at radius 1 is 1.81 bits per heavy atom. The summed E-state index contributed by atoms with van der Waals surface area (Å²) < 4.78 is 7.83. The van der Waals surface area contributed by atoms with Crippen LogP contribution in [0.4, 0.5) is 0 Å². The van der Waals surface area contributed by atoms with Gasteiger partial charge in [0.05, 0.1) is 12.7 Å². The number of nitrogens with zero attached hydrogens (tertiary/aromatic N) is 2. The summed E-state index contributed by atoms with van der Waals surface area (Å²) in [5.74, 6) is 8.61. The summed E-state index contributed by atoms with van der Waals surface area (Å²) in [5, 5.41) is 0. The average Bonchev–Trinajstić information content (AvgIpc) is 2.80. The van der Waals surface area contributed by atoms with Crippen LogP contribution in [0.15, 0.2) is 12.4 Å². The van der Waals surface area contributed by atoms with Crippen molar-refractivity contribution in [3.8, 4) is 0 Å². The van der Waals surface area contributed by atoms with E-state index in [4.69, 9.17) is 10.6 Å². The van der Waals surface area contributed by atoms with E-state index in [1.54, 1.807) is 6.20 Å². The zero-order valence-electron chi connectivity index (χ0n) is 9.43. The Balaban J connectivity index is 2.14. The number of aryl methyl sites for hydroxylation is 1. The molecule has 0 bridgehead atoms. The van der Waals surface area contributed by atoms with Gasteiger partial charge in [-0.15, -0.1) is 0 Å². The lowest BCUT2D eigenvalue weighted by molar-refractivity contribution is 0.0436. The van der Waals surface area contributed by atoms with E-state index in [0.29, 0.717) is 0 Å². The zero-order chi connectivity index (χ0) is 11.4. The molecular formula is C10H18N4OS. The lowest BCUT2D eigenvalue weighted by Crippen LogP contribution is -2.42. The number of nitrogens with one attached hydrogen (secondary N) is 1. The minimum absolute atomic E-state index is 0.0252. The Morgan fingerprint density at radius 3 is 3.31 bits per heavy atom. The van der Waals surface area contributed by atoms with Gasteiger partial charge in [-0.25, -0.2) is 10.4 Å². The summed E-state index contributed by atoms with van der Waals surface area (Å²) in [5.41, 5.74) is 2.83. The van der Waals surface area contributed by atoms with Crippen molar-refractivity contribution in [3.63, 3.8) is 0 Å². The Labute approximate surface area is 99.7 Å². The molecule has 0 aromatic carbocycles. The molecule has 0 saturated carbocycles. The van der Waals surface area contributed by atoms with Gasteiger partial charge in [-0.2, -0.15) is 11.8 Å². The molecule has 1 aromatic heterocycles. The van der Waals surface area contributed by atoms with E-state index < -0.39 is 0 Å². The van der Waals surface area contributed by atoms with Crippen molar-refractivity contribution in [1.29, 1.82) is 0 Å². The number of hydrogen-bond donors (Lipinski definition) is 2. The topological polar surface area (TPSA) is 65.1 Å². The van der Waals surface area contributed by atoms with Crippen molar-refractivity contribution in [2.24, 2.45) is 5.84 Å². The smallest absolute Gasteiger partial charge is 0.129 e. The normalized spacial score (nSPS) is 23.2. The zero-order valence-corrected chi connectivity index (χ0v) is 10.2. The Bertz CT molecular complexity index is 324. The molecule has 5 nitrogen and oxygen atoms in total. The van der Waals surface area contributed by atoms with Gasteiger partial charge in [0, 0.05) is 30.4 Å². The van der Waals surface area contributed by atoms with E-state index in [1.807, 2.05) is 18.0 Å². The molecule has 2 atom stereocenters. The van der Waals surface area contributed by atoms with Crippen LogP contribution in [-0.2, 0) is 11.3 Å². The van der Waals surface area contributed by atoms with Crippen molar-refractivity contribution < 1.29 is 4.74 Å². The molecular weight excluding hydrogens is 224 g/mol. The van der Waals surface area contributed by atoms with Crippen LogP contribution in [-0.4, -0.2) is 33.8 Å². The third kappa shape index (κ3) is 2.40.